The van der Waals surface area contributed by atoms with E-state index in [1.165, 1.54) is 0 Å². The normalized spacial score (nSPS) is 34.9. The summed E-state index contributed by atoms with van der Waals surface area (Å²) in [6.45, 7) is 1.88. The highest BCUT2D eigenvalue weighted by Crippen LogP contribution is 2.23. The molecule has 0 heterocycles. The molecule has 1 aliphatic rings. The Bertz CT molecular complexity index is 120. The molecule has 0 amide bonds. The summed E-state index contributed by atoms with van der Waals surface area (Å²) in [5.74, 6) is 0. The van der Waals surface area contributed by atoms with Gasteiger partial charge in [-0.3, -0.25) is 5.26 Å². The minimum absolute atomic E-state index is 0.405. The van der Waals surface area contributed by atoms with Crippen molar-refractivity contribution in [3.8, 4) is 0 Å². The van der Waals surface area contributed by atoms with Gasteiger partial charge in [0.2, 0.25) is 0 Å². The molecule has 2 heteroatoms. The second-order valence-corrected chi connectivity index (χ2v) is 2.70. The molecule has 1 N–H and O–H groups in total. The second-order valence-electron chi connectivity index (χ2n) is 2.70. The lowest BCUT2D eigenvalue weighted by molar-refractivity contribution is -0.305. The van der Waals surface area contributed by atoms with E-state index in [4.69, 9.17) is 5.26 Å². The van der Waals surface area contributed by atoms with E-state index in [2.05, 4.69) is 4.89 Å². The van der Waals surface area contributed by atoms with Crippen LogP contribution in [0.4, 0.5) is 0 Å². The predicted octanol–water partition coefficient (Wildman–Crippen LogP) is 1.97. The third-order valence-electron chi connectivity index (χ3n) is 1.72. The average molecular weight is 128 g/mol. The van der Waals surface area contributed by atoms with Gasteiger partial charge in [0, 0.05) is 0 Å². The van der Waals surface area contributed by atoms with Crippen molar-refractivity contribution in [2.75, 3.05) is 0 Å². The van der Waals surface area contributed by atoms with Crippen LogP contribution in [-0.4, -0.2) is 10.9 Å². The van der Waals surface area contributed by atoms with Crippen LogP contribution in [0.2, 0.25) is 0 Å². The molecule has 1 rings (SSSR count). The van der Waals surface area contributed by atoms with Crippen molar-refractivity contribution >= 4 is 0 Å². The van der Waals surface area contributed by atoms with Crippen molar-refractivity contribution in [3.63, 3.8) is 0 Å². The summed E-state index contributed by atoms with van der Waals surface area (Å²) in [6, 6.07) is 0. The van der Waals surface area contributed by atoms with E-state index in [1.54, 1.807) is 0 Å². The van der Waals surface area contributed by atoms with Gasteiger partial charge in [-0.15, -0.1) is 0 Å². The van der Waals surface area contributed by atoms with Crippen LogP contribution in [0.3, 0.4) is 0 Å². The molecule has 0 spiro atoms. The first-order valence-electron chi connectivity index (χ1n) is 3.27. The molecule has 0 saturated carbocycles. The van der Waals surface area contributed by atoms with E-state index in [9.17, 15) is 0 Å². The van der Waals surface area contributed by atoms with E-state index < -0.39 is 5.60 Å². The molecule has 0 bridgehead atoms. The third-order valence-corrected chi connectivity index (χ3v) is 1.72. The van der Waals surface area contributed by atoms with Crippen LogP contribution in [0.1, 0.15) is 26.2 Å². The van der Waals surface area contributed by atoms with Crippen LogP contribution < -0.4 is 0 Å². The first kappa shape index (κ1) is 6.78. The molecule has 0 saturated heterocycles. The minimum atomic E-state index is -0.405. The average Bonchev–Trinajstić information content (AvgIpc) is 1.90. The summed E-state index contributed by atoms with van der Waals surface area (Å²) in [5.41, 5.74) is -0.405. The summed E-state index contributed by atoms with van der Waals surface area (Å²) in [4.78, 5) is 4.29. The lowest BCUT2D eigenvalue weighted by atomic mass is 9.93. The van der Waals surface area contributed by atoms with Crippen molar-refractivity contribution in [1.29, 1.82) is 0 Å². The molecule has 0 fully saturated rings. The SMILES string of the molecule is CC1(OO)C=CCCC1. The zero-order valence-corrected chi connectivity index (χ0v) is 5.63. The quantitative estimate of drug-likeness (QED) is 0.332. The Kier molecular flexibility index (Phi) is 1.88. The Balaban J connectivity index is 2.56. The van der Waals surface area contributed by atoms with Crippen LogP contribution in [-0.2, 0) is 4.89 Å². The highest BCUT2D eigenvalue weighted by atomic mass is 17.1. The van der Waals surface area contributed by atoms with E-state index in [1.807, 2.05) is 19.1 Å². The molecule has 1 unspecified atom stereocenters. The Hall–Kier alpha value is -0.340. The van der Waals surface area contributed by atoms with E-state index in [-0.39, 0.29) is 0 Å². The Morgan fingerprint density at radius 3 is 2.78 bits per heavy atom. The zero-order chi connectivity index (χ0) is 6.74. The standard InChI is InChI=1S/C7H12O2/c1-7(9-8)5-3-2-4-6-7/h3,5,8H,2,4,6H2,1H3. The minimum Gasteiger partial charge on any atom is -0.251 e. The number of allylic oxidation sites excluding steroid dienone is 1. The molecule has 0 aromatic carbocycles. The lowest BCUT2D eigenvalue weighted by Gasteiger charge is -2.24. The fourth-order valence-corrected chi connectivity index (χ4v) is 1.06. The van der Waals surface area contributed by atoms with Crippen LogP contribution in [0, 0.1) is 0 Å². The highest BCUT2D eigenvalue weighted by Gasteiger charge is 2.23. The van der Waals surface area contributed by atoms with Gasteiger partial charge in [-0.25, -0.2) is 4.89 Å². The lowest BCUT2D eigenvalue weighted by Crippen LogP contribution is -2.26. The number of hydrogen-bond donors (Lipinski definition) is 1. The predicted molar refractivity (Wildman–Crippen MR) is 35.1 cm³/mol. The van der Waals surface area contributed by atoms with Gasteiger partial charge in [-0.1, -0.05) is 12.2 Å². The Morgan fingerprint density at radius 1 is 1.67 bits per heavy atom. The third kappa shape index (κ3) is 1.53. The van der Waals surface area contributed by atoms with Crippen LogP contribution >= 0.6 is 0 Å². The maximum absolute atomic E-state index is 8.40. The van der Waals surface area contributed by atoms with Crippen LogP contribution in [0.5, 0.6) is 0 Å². The van der Waals surface area contributed by atoms with E-state index in [0.29, 0.717) is 0 Å². The molecule has 2 nitrogen and oxygen atoms in total. The van der Waals surface area contributed by atoms with Crippen molar-refractivity contribution in [2.45, 2.75) is 31.8 Å². The molecule has 0 aromatic heterocycles. The van der Waals surface area contributed by atoms with Crippen molar-refractivity contribution in [3.05, 3.63) is 12.2 Å². The monoisotopic (exact) mass is 128 g/mol. The summed E-state index contributed by atoms with van der Waals surface area (Å²) >= 11 is 0. The zero-order valence-electron chi connectivity index (χ0n) is 5.63. The summed E-state index contributed by atoms with van der Waals surface area (Å²) in [5, 5.41) is 8.40. The van der Waals surface area contributed by atoms with Crippen molar-refractivity contribution in [1.82, 2.24) is 0 Å². The molecule has 0 aliphatic heterocycles. The first-order valence-corrected chi connectivity index (χ1v) is 3.27. The fraction of sp³-hybridized carbons (Fsp3) is 0.714. The first-order chi connectivity index (χ1) is 4.27. The summed E-state index contributed by atoms with van der Waals surface area (Å²) in [7, 11) is 0. The molecule has 9 heavy (non-hydrogen) atoms. The maximum atomic E-state index is 8.40. The van der Waals surface area contributed by atoms with E-state index in [0.717, 1.165) is 19.3 Å². The molecule has 52 valence electrons. The van der Waals surface area contributed by atoms with E-state index >= 15 is 0 Å². The number of hydrogen-bond acceptors (Lipinski definition) is 2. The second kappa shape index (κ2) is 2.50. The van der Waals surface area contributed by atoms with Crippen molar-refractivity contribution in [2.24, 2.45) is 0 Å². The van der Waals surface area contributed by atoms with Crippen LogP contribution in [0.25, 0.3) is 0 Å². The molecular weight excluding hydrogens is 116 g/mol. The van der Waals surface area contributed by atoms with Gasteiger partial charge in [0.05, 0.1) is 0 Å². The van der Waals surface area contributed by atoms with Gasteiger partial charge in [-0.05, 0) is 26.2 Å². The molecule has 1 aliphatic carbocycles. The van der Waals surface area contributed by atoms with Crippen LogP contribution in [0.15, 0.2) is 12.2 Å². The highest BCUT2D eigenvalue weighted by molar-refractivity contribution is 5.02. The molecule has 0 radical (unpaired) electrons. The van der Waals surface area contributed by atoms with Gasteiger partial charge in [-0.2, -0.15) is 0 Å². The van der Waals surface area contributed by atoms with Gasteiger partial charge in [0.25, 0.3) is 0 Å². The van der Waals surface area contributed by atoms with Gasteiger partial charge >= 0.3 is 0 Å². The topological polar surface area (TPSA) is 29.5 Å². The van der Waals surface area contributed by atoms with Crippen molar-refractivity contribution < 1.29 is 10.1 Å². The Labute approximate surface area is 55.1 Å². The molecule has 1 atom stereocenters. The van der Waals surface area contributed by atoms with Gasteiger partial charge in [0.15, 0.2) is 0 Å². The van der Waals surface area contributed by atoms with Gasteiger partial charge < -0.3 is 0 Å². The van der Waals surface area contributed by atoms with Gasteiger partial charge in [0.1, 0.15) is 5.60 Å². The Morgan fingerprint density at radius 2 is 2.44 bits per heavy atom. The smallest absolute Gasteiger partial charge is 0.119 e. The maximum Gasteiger partial charge on any atom is 0.119 e. The summed E-state index contributed by atoms with van der Waals surface area (Å²) in [6.07, 6.45) is 7.09. The summed E-state index contributed by atoms with van der Waals surface area (Å²) < 4.78 is 0. The largest absolute Gasteiger partial charge is 0.251 e. The molecule has 0 aromatic rings. The fourth-order valence-electron chi connectivity index (χ4n) is 1.06. The molecular formula is C7H12O2. The number of rotatable bonds is 1.